The van der Waals surface area contributed by atoms with Gasteiger partial charge < -0.3 is 15.1 Å². The Morgan fingerprint density at radius 3 is 2.67 bits per heavy atom. The third-order valence-electron chi connectivity index (χ3n) is 4.37. The Morgan fingerprint density at radius 1 is 1.33 bits per heavy atom. The van der Waals surface area contributed by atoms with Crippen LogP contribution in [0.15, 0.2) is 40.8 Å². The van der Waals surface area contributed by atoms with Gasteiger partial charge in [-0.25, -0.2) is 4.39 Å². The third kappa shape index (κ3) is 2.68. The fourth-order valence-electron chi connectivity index (χ4n) is 2.84. The van der Waals surface area contributed by atoms with Gasteiger partial charge in [-0.2, -0.15) is 0 Å². The van der Waals surface area contributed by atoms with Crippen molar-refractivity contribution in [2.45, 2.75) is 25.3 Å². The van der Waals surface area contributed by atoms with Crippen LogP contribution in [-0.2, 0) is 0 Å². The van der Waals surface area contributed by atoms with Crippen molar-refractivity contribution in [3.8, 4) is 0 Å². The molecule has 1 aromatic carbocycles. The molecule has 3 nitrogen and oxygen atoms in total. The fraction of sp³-hybridized carbons (Fsp3) is 0.412. The van der Waals surface area contributed by atoms with E-state index in [4.69, 9.17) is 10.2 Å². The lowest BCUT2D eigenvalue weighted by molar-refractivity contribution is 0.424. The van der Waals surface area contributed by atoms with Gasteiger partial charge in [0.2, 0.25) is 0 Å². The van der Waals surface area contributed by atoms with Crippen molar-refractivity contribution in [3.63, 3.8) is 0 Å². The van der Waals surface area contributed by atoms with Gasteiger partial charge >= 0.3 is 0 Å². The number of nitrogens with zero attached hydrogens (tertiary/aromatic N) is 1. The van der Waals surface area contributed by atoms with Crippen LogP contribution in [0.5, 0.6) is 0 Å². The molecule has 0 aliphatic heterocycles. The molecule has 1 aliphatic carbocycles. The number of benzene rings is 1. The van der Waals surface area contributed by atoms with Crippen molar-refractivity contribution in [1.82, 2.24) is 0 Å². The molecule has 2 aromatic rings. The Balaban J connectivity index is 1.84. The maximum atomic E-state index is 13.9. The van der Waals surface area contributed by atoms with Gasteiger partial charge in [-0.3, -0.25) is 0 Å². The lowest BCUT2D eigenvalue weighted by Crippen LogP contribution is -2.30. The normalized spacial score (nSPS) is 22.1. The fourth-order valence-corrected chi connectivity index (χ4v) is 2.84. The Kier molecular flexibility index (Phi) is 3.72. The molecule has 4 heteroatoms. The average molecular weight is 288 g/mol. The zero-order valence-corrected chi connectivity index (χ0v) is 12.4. The van der Waals surface area contributed by atoms with Crippen molar-refractivity contribution in [3.05, 3.63) is 53.7 Å². The highest BCUT2D eigenvalue weighted by atomic mass is 19.1. The average Bonchev–Trinajstić information content (AvgIpc) is 3.01. The van der Waals surface area contributed by atoms with Crippen LogP contribution in [0.25, 0.3) is 0 Å². The second kappa shape index (κ2) is 5.53. The van der Waals surface area contributed by atoms with Crippen LogP contribution in [0.3, 0.4) is 0 Å². The summed E-state index contributed by atoms with van der Waals surface area (Å²) in [5, 5.41) is 0. The van der Waals surface area contributed by atoms with Gasteiger partial charge in [0.05, 0.1) is 11.7 Å². The zero-order valence-electron chi connectivity index (χ0n) is 12.4. The van der Waals surface area contributed by atoms with Gasteiger partial charge in [-0.05, 0) is 36.6 Å². The first-order valence-corrected chi connectivity index (χ1v) is 7.39. The molecule has 3 atom stereocenters. The molecule has 1 aliphatic rings. The molecule has 1 fully saturated rings. The van der Waals surface area contributed by atoms with E-state index in [1.807, 2.05) is 30.1 Å². The Bertz CT molecular complexity index is 625. The summed E-state index contributed by atoms with van der Waals surface area (Å²) >= 11 is 0. The van der Waals surface area contributed by atoms with E-state index in [-0.39, 0.29) is 11.9 Å². The first-order valence-electron chi connectivity index (χ1n) is 7.39. The topological polar surface area (TPSA) is 42.4 Å². The molecule has 3 rings (SSSR count). The number of nitrogens with two attached hydrogens (primary N) is 1. The van der Waals surface area contributed by atoms with Crippen LogP contribution >= 0.6 is 0 Å². The van der Waals surface area contributed by atoms with E-state index in [0.717, 1.165) is 11.5 Å². The minimum Gasteiger partial charge on any atom is -0.464 e. The molecule has 1 saturated carbocycles. The Morgan fingerprint density at radius 2 is 2.05 bits per heavy atom. The van der Waals surface area contributed by atoms with Crippen LogP contribution in [0.2, 0.25) is 0 Å². The summed E-state index contributed by atoms with van der Waals surface area (Å²) in [6, 6.07) is 10.6. The van der Waals surface area contributed by atoms with Gasteiger partial charge in [-0.1, -0.05) is 19.1 Å². The van der Waals surface area contributed by atoms with E-state index >= 15 is 0 Å². The number of likely N-dealkylation sites (N-methyl/N-ethyl adjacent to an activating group) is 1. The second-order valence-corrected chi connectivity index (χ2v) is 5.87. The first kappa shape index (κ1) is 14.1. The third-order valence-corrected chi connectivity index (χ3v) is 4.37. The van der Waals surface area contributed by atoms with Crippen molar-refractivity contribution in [1.29, 1.82) is 0 Å². The zero-order chi connectivity index (χ0) is 15.0. The van der Waals surface area contributed by atoms with E-state index in [1.54, 1.807) is 12.1 Å². The number of hydrogen-bond donors (Lipinski definition) is 1. The first-order chi connectivity index (χ1) is 10.1. The van der Waals surface area contributed by atoms with Crippen LogP contribution in [0, 0.1) is 11.7 Å². The molecule has 1 heterocycles. The molecule has 112 valence electrons. The number of halogens is 1. The van der Waals surface area contributed by atoms with Crippen LogP contribution in [0.4, 0.5) is 10.1 Å². The Labute approximate surface area is 124 Å². The molecular weight excluding hydrogens is 267 g/mol. The van der Waals surface area contributed by atoms with E-state index in [1.165, 1.54) is 12.5 Å². The van der Waals surface area contributed by atoms with E-state index < -0.39 is 0 Å². The predicted octanol–water partition coefficient (Wildman–Crippen LogP) is 3.68. The number of para-hydroxylation sites is 1. The molecular formula is C17H21FN2O. The van der Waals surface area contributed by atoms with E-state index in [9.17, 15) is 4.39 Å². The minimum absolute atomic E-state index is 0.162. The molecule has 3 unspecified atom stereocenters. The van der Waals surface area contributed by atoms with Crippen molar-refractivity contribution in [2.75, 3.05) is 18.5 Å². The number of anilines is 1. The summed E-state index contributed by atoms with van der Waals surface area (Å²) in [7, 11) is 1.85. The summed E-state index contributed by atoms with van der Waals surface area (Å²) in [6.45, 7) is 2.59. The lowest BCUT2D eigenvalue weighted by atomic mass is 10.1. The molecule has 2 N–H and O–H groups in total. The second-order valence-electron chi connectivity index (χ2n) is 5.87. The highest BCUT2D eigenvalue weighted by Gasteiger charge is 2.37. The van der Waals surface area contributed by atoms with Crippen molar-refractivity contribution < 1.29 is 8.81 Å². The number of hydrogen-bond acceptors (Lipinski definition) is 3. The maximum Gasteiger partial charge on any atom is 0.146 e. The summed E-state index contributed by atoms with van der Waals surface area (Å²) in [4.78, 5) is 1.84. The Hall–Kier alpha value is -1.81. The summed E-state index contributed by atoms with van der Waals surface area (Å²) in [5.41, 5.74) is 6.43. The molecule has 0 spiro atoms. The quantitative estimate of drug-likeness (QED) is 0.912. The molecule has 0 bridgehead atoms. The smallest absolute Gasteiger partial charge is 0.146 e. The van der Waals surface area contributed by atoms with Crippen molar-refractivity contribution in [2.24, 2.45) is 11.7 Å². The van der Waals surface area contributed by atoms with Gasteiger partial charge in [0.25, 0.3) is 0 Å². The van der Waals surface area contributed by atoms with Gasteiger partial charge in [0.15, 0.2) is 0 Å². The van der Waals surface area contributed by atoms with E-state index in [0.29, 0.717) is 24.1 Å². The lowest BCUT2D eigenvalue weighted by Gasteiger charge is -2.27. The standard InChI is InChI=1S/C17H21FN2O/c1-11-9-12(11)16-7-8-17(21-16)15(10-19)20(2)14-6-4-3-5-13(14)18/h3-8,11-12,15H,9-10,19H2,1-2H3. The number of rotatable bonds is 5. The minimum atomic E-state index is -0.249. The predicted molar refractivity (Wildman–Crippen MR) is 81.8 cm³/mol. The molecule has 0 radical (unpaired) electrons. The summed E-state index contributed by atoms with van der Waals surface area (Å²) in [6.07, 6.45) is 1.18. The summed E-state index contributed by atoms with van der Waals surface area (Å²) in [5.74, 6) is 2.82. The van der Waals surface area contributed by atoms with Gasteiger partial charge in [0.1, 0.15) is 17.3 Å². The van der Waals surface area contributed by atoms with Gasteiger partial charge in [0, 0.05) is 19.5 Å². The number of furan rings is 1. The van der Waals surface area contributed by atoms with E-state index in [2.05, 4.69) is 6.92 Å². The van der Waals surface area contributed by atoms with Crippen LogP contribution in [0.1, 0.15) is 36.8 Å². The highest BCUT2D eigenvalue weighted by Crippen LogP contribution is 2.47. The summed E-state index contributed by atoms with van der Waals surface area (Å²) < 4.78 is 19.9. The molecule has 0 amide bonds. The van der Waals surface area contributed by atoms with Crippen molar-refractivity contribution >= 4 is 5.69 Å². The van der Waals surface area contributed by atoms with Crippen LogP contribution in [-0.4, -0.2) is 13.6 Å². The van der Waals surface area contributed by atoms with Gasteiger partial charge in [-0.15, -0.1) is 0 Å². The SMILES string of the molecule is CC1CC1c1ccc(C(CN)N(C)c2ccccc2F)o1. The molecule has 21 heavy (non-hydrogen) atoms. The largest absolute Gasteiger partial charge is 0.464 e. The highest BCUT2D eigenvalue weighted by molar-refractivity contribution is 5.48. The molecule has 0 saturated heterocycles. The maximum absolute atomic E-state index is 13.9. The van der Waals surface area contributed by atoms with Crippen LogP contribution < -0.4 is 10.6 Å². The monoisotopic (exact) mass is 288 g/mol. The molecule has 1 aromatic heterocycles.